The van der Waals surface area contributed by atoms with Crippen LogP contribution < -0.4 is 0 Å². The summed E-state index contributed by atoms with van der Waals surface area (Å²) in [4.78, 5) is 5.79. The highest BCUT2D eigenvalue weighted by Gasteiger charge is 2.05. The first-order valence-corrected chi connectivity index (χ1v) is 5.58. The normalized spacial score (nSPS) is 10.4. The molecule has 1 aromatic carbocycles. The molecule has 0 amide bonds. The van der Waals surface area contributed by atoms with Gasteiger partial charge in [-0.1, -0.05) is 11.8 Å². The first-order chi connectivity index (χ1) is 7.79. The van der Waals surface area contributed by atoms with Crippen molar-refractivity contribution in [2.75, 3.05) is 0 Å². The minimum Gasteiger partial charge on any atom is -0.392 e. The Morgan fingerprint density at radius 3 is 2.62 bits per heavy atom. The van der Waals surface area contributed by atoms with Crippen molar-refractivity contribution in [2.45, 2.75) is 16.4 Å². The largest absolute Gasteiger partial charge is 0.392 e. The van der Waals surface area contributed by atoms with E-state index in [0.717, 1.165) is 9.79 Å². The summed E-state index contributed by atoms with van der Waals surface area (Å²) in [5.74, 6) is -0.330. The van der Waals surface area contributed by atoms with Crippen LogP contribution in [-0.4, -0.2) is 10.1 Å². The van der Waals surface area contributed by atoms with Gasteiger partial charge in [0.1, 0.15) is 5.82 Å². The summed E-state index contributed by atoms with van der Waals surface area (Å²) >= 11 is 1.48. The van der Waals surface area contributed by atoms with E-state index in [1.54, 1.807) is 18.5 Å². The SMILES string of the molecule is OCc1cc(F)ccc1Sc1ccncc1. The molecule has 0 spiro atoms. The number of halogens is 1. The Bertz CT molecular complexity index is 476. The fourth-order valence-corrected chi connectivity index (χ4v) is 2.21. The van der Waals surface area contributed by atoms with E-state index >= 15 is 0 Å². The molecule has 0 unspecified atom stereocenters. The Hall–Kier alpha value is -1.39. The molecule has 2 aromatic rings. The van der Waals surface area contributed by atoms with Gasteiger partial charge in [-0.2, -0.15) is 0 Å². The van der Waals surface area contributed by atoms with Crippen LogP contribution in [0, 0.1) is 5.82 Å². The van der Waals surface area contributed by atoms with Crippen LogP contribution in [0.2, 0.25) is 0 Å². The minimum absolute atomic E-state index is 0.162. The van der Waals surface area contributed by atoms with Gasteiger partial charge in [0.2, 0.25) is 0 Å². The maximum absolute atomic E-state index is 12.9. The lowest BCUT2D eigenvalue weighted by Crippen LogP contribution is -1.89. The fourth-order valence-electron chi connectivity index (χ4n) is 1.30. The molecule has 4 heteroatoms. The molecule has 0 aliphatic rings. The quantitative estimate of drug-likeness (QED) is 0.888. The first kappa shape index (κ1) is 11.1. The van der Waals surface area contributed by atoms with Crippen molar-refractivity contribution in [3.8, 4) is 0 Å². The van der Waals surface area contributed by atoms with E-state index in [1.165, 1.54) is 23.9 Å². The third kappa shape index (κ3) is 2.59. The van der Waals surface area contributed by atoms with Crippen LogP contribution in [0.3, 0.4) is 0 Å². The molecule has 0 saturated carbocycles. The van der Waals surface area contributed by atoms with Crippen LogP contribution >= 0.6 is 11.8 Å². The number of hydrogen-bond donors (Lipinski definition) is 1. The van der Waals surface area contributed by atoms with Crippen molar-refractivity contribution in [2.24, 2.45) is 0 Å². The van der Waals surface area contributed by atoms with Gasteiger partial charge in [-0.05, 0) is 35.9 Å². The van der Waals surface area contributed by atoms with Gasteiger partial charge in [0.25, 0.3) is 0 Å². The second-order valence-corrected chi connectivity index (χ2v) is 4.31. The van der Waals surface area contributed by atoms with Crippen molar-refractivity contribution in [1.82, 2.24) is 4.98 Å². The summed E-state index contributed by atoms with van der Waals surface area (Å²) in [7, 11) is 0. The van der Waals surface area contributed by atoms with Gasteiger partial charge < -0.3 is 5.11 Å². The molecule has 1 aromatic heterocycles. The maximum atomic E-state index is 12.9. The molecule has 0 aliphatic heterocycles. The van der Waals surface area contributed by atoms with Crippen molar-refractivity contribution < 1.29 is 9.50 Å². The van der Waals surface area contributed by atoms with E-state index in [9.17, 15) is 4.39 Å². The number of nitrogens with zero attached hydrogens (tertiary/aromatic N) is 1. The van der Waals surface area contributed by atoms with E-state index in [0.29, 0.717) is 5.56 Å². The molecule has 0 atom stereocenters. The number of benzene rings is 1. The first-order valence-electron chi connectivity index (χ1n) is 4.77. The Kier molecular flexibility index (Phi) is 3.54. The third-order valence-electron chi connectivity index (χ3n) is 2.07. The molecule has 2 rings (SSSR count). The average molecular weight is 235 g/mol. The van der Waals surface area contributed by atoms with Gasteiger partial charge in [0, 0.05) is 22.2 Å². The lowest BCUT2D eigenvalue weighted by Gasteiger charge is -2.06. The Morgan fingerprint density at radius 1 is 1.19 bits per heavy atom. The summed E-state index contributed by atoms with van der Waals surface area (Å²) in [6.45, 7) is -0.162. The Labute approximate surface area is 97.2 Å². The van der Waals surface area contributed by atoms with Gasteiger partial charge in [-0.15, -0.1) is 0 Å². The lowest BCUT2D eigenvalue weighted by atomic mass is 10.2. The molecule has 0 saturated heterocycles. The predicted octanol–water partition coefficient (Wildman–Crippen LogP) is 2.86. The molecule has 0 aliphatic carbocycles. The van der Waals surface area contributed by atoms with Crippen LogP contribution in [0.4, 0.5) is 4.39 Å². The van der Waals surface area contributed by atoms with Gasteiger partial charge in [0.15, 0.2) is 0 Å². The molecule has 0 bridgehead atoms. The van der Waals surface area contributed by atoms with Crippen LogP contribution in [-0.2, 0) is 6.61 Å². The zero-order chi connectivity index (χ0) is 11.4. The Balaban J connectivity index is 2.28. The summed E-state index contributed by atoms with van der Waals surface area (Å²) in [5.41, 5.74) is 0.599. The van der Waals surface area contributed by atoms with Gasteiger partial charge >= 0.3 is 0 Å². The smallest absolute Gasteiger partial charge is 0.123 e. The van der Waals surface area contributed by atoms with Crippen molar-refractivity contribution in [3.05, 3.63) is 54.1 Å². The summed E-state index contributed by atoms with van der Waals surface area (Å²) in [6.07, 6.45) is 3.40. The monoisotopic (exact) mass is 235 g/mol. The highest BCUT2D eigenvalue weighted by molar-refractivity contribution is 7.99. The standard InChI is InChI=1S/C12H10FNOS/c13-10-1-2-12(9(7-10)8-15)16-11-3-5-14-6-4-11/h1-7,15H,8H2. The number of hydrogen-bond acceptors (Lipinski definition) is 3. The van der Waals surface area contributed by atoms with Crippen molar-refractivity contribution in [3.63, 3.8) is 0 Å². The number of aromatic nitrogens is 1. The second kappa shape index (κ2) is 5.09. The Morgan fingerprint density at radius 2 is 1.94 bits per heavy atom. The lowest BCUT2D eigenvalue weighted by molar-refractivity contribution is 0.278. The molecule has 2 nitrogen and oxygen atoms in total. The molecule has 16 heavy (non-hydrogen) atoms. The van der Waals surface area contributed by atoms with Crippen LogP contribution in [0.15, 0.2) is 52.5 Å². The van der Waals surface area contributed by atoms with E-state index in [2.05, 4.69) is 4.98 Å². The zero-order valence-electron chi connectivity index (χ0n) is 8.43. The third-order valence-corrected chi connectivity index (χ3v) is 3.20. The molecular weight excluding hydrogens is 225 g/mol. The summed E-state index contributed by atoms with van der Waals surface area (Å²) < 4.78 is 12.9. The van der Waals surface area contributed by atoms with Crippen LogP contribution in [0.1, 0.15) is 5.56 Å². The summed E-state index contributed by atoms with van der Waals surface area (Å²) in [5, 5.41) is 9.13. The van der Waals surface area contributed by atoms with Crippen molar-refractivity contribution in [1.29, 1.82) is 0 Å². The van der Waals surface area contributed by atoms with Gasteiger partial charge in [-0.3, -0.25) is 4.98 Å². The molecule has 0 fully saturated rings. The van der Waals surface area contributed by atoms with Crippen LogP contribution in [0.5, 0.6) is 0 Å². The summed E-state index contributed by atoms with van der Waals surface area (Å²) in [6, 6.07) is 8.16. The molecule has 0 radical (unpaired) electrons. The number of aliphatic hydroxyl groups is 1. The van der Waals surface area contributed by atoms with Crippen molar-refractivity contribution >= 4 is 11.8 Å². The number of rotatable bonds is 3. The second-order valence-electron chi connectivity index (χ2n) is 3.20. The van der Waals surface area contributed by atoms with Gasteiger partial charge in [0.05, 0.1) is 6.61 Å². The van der Waals surface area contributed by atoms with E-state index < -0.39 is 0 Å². The average Bonchev–Trinajstić information content (AvgIpc) is 2.33. The molecule has 1 N–H and O–H groups in total. The van der Waals surface area contributed by atoms with E-state index in [4.69, 9.17) is 5.11 Å². The minimum atomic E-state index is -0.330. The number of aliphatic hydroxyl groups excluding tert-OH is 1. The molecule has 1 heterocycles. The topological polar surface area (TPSA) is 33.1 Å². The van der Waals surface area contributed by atoms with E-state index in [1.807, 2.05) is 12.1 Å². The molecule has 82 valence electrons. The van der Waals surface area contributed by atoms with Crippen LogP contribution in [0.25, 0.3) is 0 Å². The number of pyridine rings is 1. The zero-order valence-corrected chi connectivity index (χ0v) is 9.25. The predicted molar refractivity (Wildman–Crippen MR) is 60.7 cm³/mol. The molecular formula is C12H10FNOS. The van der Waals surface area contributed by atoms with Gasteiger partial charge in [-0.25, -0.2) is 4.39 Å². The maximum Gasteiger partial charge on any atom is 0.123 e. The highest BCUT2D eigenvalue weighted by atomic mass is 32.2. The van der Waals surface area contributed by atoms with E-state index in [-0.39, 0.29) is 12.4 Å². The fraction of sp³-hybridized carbons (Fsp3) is 0.0833. The highest BCUT2D eigenvalue weighted by Crippen LogP contribution is 2.30.